The number of rotatable bonds is 11. The standard InChI is InChI=1S/C33H39N3O/c1-4-21-35-33(30-12-7-6-9-26(30)5-2)32(34)28-17-19-29(20-18-28)36-31(27-10-8-11-27)22-24-13-15-25(16-14-24)23-37-3/h6-7,9,12-21,36H,4-5,8,10-11,22-23,34H2,1-3H3/b33-32-,35-21-. The van der Waals surface area contributed by atoms with E-state index in [1.807, 2.05) is 6.21 Å². The van der Waals surface area contributed by atoms with Crippen molar-refractivity contribution >= 4 is 23.3 Å². The normalized spacial score (nSPS) is 13.9. The number of aryl methyl sites for hydroxylation is 1. The Kier molecular flexibility index (Phi) is 9.34. The molecular weight excluding hydrogens is 454 g/mol. The lowest BCUT2D eigenvalue weighted by molar-refractivity contribution is 0.185. The van der Waals surface area contributed by atoms with Crippen molar-refractivity contribution in [3.8, 4) is 0 Å². The summed E-state index contributed by atoms with van der Waals surface area (Å²) in [7, 11) is 1.73. The molecule has 3 N–H and O–H groups in total. The van der Waals surface area contributed by atoms with Crippen molar-refractivity contribution in [2.45, 2.75) is 59.0 Å². The smallest absolute Gasteiger partial charge is 0.0936 e. The Morgan fingerprint density at radius 3 is 2.27 bits per heavy atom. The first-order valence-electron chi connectivity index (χ1n) is 13.4. The number of anilines is 1. The number of nitrogens with two attached hydrogens (primary N) is 1. The van der Waals surface area contributed by atoms with Crippen LogP contribution in [-0.4, -0.2) is 13.3 Å². The summed E-state index contributed by atoms with van der Waals surface area (Å²) >= 11 is 0. The van der Waals surface area contributed by atoms with E-state index in [1.165, 1.54) is 47.2 Å². The molecule has 0 spiro atoms. The molecule has 0 aromatic heterocycles. The molecule has 0 radical (unpaired) electrons. The first-order valence-corrected chi connectivity index (χ1v) is 13.4. The van der Waals surface area contributed by atoms with E-state index in [-0.39, 0.29) is 0 Å². The molecule has 0 saturated heterocycles. The molecule has 0 unspecified atom stereocenters. The Hall–Kier alpha value is -3.63. The third kappa shape index (κ3) is 6.78. The van der Waals surface area contributed by atoms with Gasteiger partial charge in [-0.05, 0) is 66.5 Å². The first-order chi connectivity index (χ1) is 18.1. The Bertz CT molecular complexity index is 1260. The zero-order valence-electron chi connectivity index (χ0n) is 22.4. The average Bonchev–Trinajstić information content (AvgIpc) is 2.89. The van der Waals surface area contributed by atoms with Gasteiger partial charge in [0.2, 0.25) is 0 Å². The number of allylic oxidation sites excluding steroid dienone is 2. The largest absolute Gasteiger partial charge is 0.396 e. The molecule has 4 nitrogen and oxygen atoms in total. The molecule has 3 aromatic rings. The summed E-state index contributed by atoms with van der Waals surface area (Å²) in [5.41, 5.74) is 18.0. The summed E-state index contributed by atoms with van der Waals surface area (Å²) in [6, 6.07) is 25.5. The minimum Gasteiger partial charge on any atom is -0.396 e. The Labute approximate surface area is 222 Å². The van der Waals surface area contributed by atoms with Crippen molar-refractivity contribution < 1.29 is 4.74 Å². The molecule has 1 fully saturated rings. The van der Waals surface area contributed by atoms with E-state index >= 15 is 0 Å². The van der Waals surface area contributed by atoms with Crippen molar-refractivity contribution in [2.24, 2.45) is 10.7 Å². The second kappa shape index (κ2) is 13.1. The number of nitrogens with zero attached hydrogens (tertiary/aromatic N) is 1. The molecule has 1 saturated carbocycles. The van der Waals surface area contributed by atoms with Crippen LogP contribution in [0.1, 0.15) is 67.3 Å². The highest BCUT2D eigenvalue weighted by Gasteiger charge is 2.16. The zero-order valence-corrected chi connectivity index (χ0v) is 22.4. The molecule has 4 rings (SSSR count). The Morgan fingerprint density at radius 2 is 1.65 bits per heavy atom. The molecule has 1 aliphatic rings. The van der Waals surface area contributed by atoms with Crippen LogP contribution in [-0.2, 0) is 24.2 Å². The van der Waals surface area contributed by atoms with Gasteiger partial charge in [-0.1, -0.05) is 80.1 Å². The lowest BCUT2D eigenvalue weighted by Gasteiger charge is -2.24. The highest BCUT2D eigenvalue weighted by Crippen LogP contribution is 2.32. The number of methoxy groups -OCH3 is 1. The fourth-order valence-corrected chi connectivity index (χ4v) is 4.61. The molecule has 37 heavy (non-hydrogen) atoms. The first kappa shape index (κ1) is 26.4. The number of ether oxygens (including phenoxy) is 1. The lowest BCUT2D eigenvalue weighted by Crippen LogP contribution is -2.12. The molecule has 0 amide bonds. The van der Waals surface area contributed by atoms with Gasteiger partial charge >= 0.3 is 0 Å². The predicted octanol–water partition coefficient (Wildman–Crippen LogP) is 7.75. The monoisotopic (exact) mass is 493 g/mol. The number of hydrogen-bond donors (Lipinski definition) is 2. The van der Waals surface area contributed by atoms with Crippen molar-refractivity contribution in [1.82, 2.24) is 0 Å². The minimum atomic E-state index is 0.645. The van der Waals surface area contributed by atoms with Gasteiger partial charge in [-0.2, -0.15) is 0 Å². The van der Waals surface area contributed by atoms with Crippen molar-refractivity contribution in [1.29, 1.82) is 0 Å². The second-order valence-electron chi connectivity index (χ2n) is 9.56. The third-order valence-electron chi connectivity index (χ3n) is 6.90. The molecule has 0 bridgehead atoms. The van der Waals surface area contributed by atoms with E-state index in [1.54, 1.807) is 7.11 Å². The van der Waals surface area contributed by atoms with E-state index in [0.29, 0.717) is 12.3 Å². The van der Waals surface area contributed by atoms with Crippen molar-refractivity contribution in [3.05, 3.63) is 112 Å². The van der Waals surface area contributed by atoms with Gasteiger partial charge < -0.3 is 15.8 Å². The van der Waals surface area contributed by atoms with Gasteiger partial charge in [-0.25, -0.2) is 0 Å². The summed E-state index contributed by atoms with van der Waals surface area (Å²) in [5.74, 6) is 0. The number of benzene rings is 3. The average molecular weight is 494 g/mol. The summed E-state index contributed by atoms with van der Waals surface area (Å²) < 4.78 is 5.25. The van der Waals surface area contributed by atoms with E-state index in [2.05, 4.69) is 92.0 Å². The molecular formula is C33H39N3O. The molecule has 0 heterocycles. The van der Waals surface area contributed by atoms with Gasteiger partial charge in [0.1, 0.15) is 0 Å². The minimum absolute atomic E-state index is 0.645. The molecule has 0 atom stereocenters. The quantitative estimate of drug-likeness (QED) is 0.212. The number of hydrogen-bond acceptors (Lipinski definition) is 4. The summed E-state index contributed by atoms with van der Waals surface area (Å²) in [5, 5.41) is 3.72. The van der Waals surface area contributed by atoms with Gasteiger partial charge in [0.25, 0.3) is 0 Å². The summed E-state index contributed by atoms with van der Waals surface area (Å²) in [4.78, 5) is 4.77. The number of aliphatic imine (C=N–C) groups is 1. The van der Waals surface area contributed by atoms with Crippen LogP contribution in [0.3, 0.4) is 0 Å². The van der Waals surface area contributed by atoms with Gasteiger partial charge in [-0.15, -0.1) is 0 Å². The van der Waals surface area contributed by atoms with Crippen LogP contribution in [0.5, 0.6) is 0 Å². The maximum atomic E-state index is 6.73. The van der Waals surface area contributed by atoms with Crippen LogP contribution in [0.2, 0.25) is 0 Å². The van der Waals surface area contributed by atoms with E-state index in [4.69, 9.17) is 15.5 Å². The third-order valence-corrected chi connectivity index (χ3v) is 6.90. The van der Waals surface area contributed by atoms with E-state index in [0.717, 1.165) is 41.8 Å². The second-order valence-corrected chi connectivity index (χ2v) is 9.56. The van der Waals surface area contributed by atoms with Crippen LogP contribution in [0, 0.1) is 0 Å². The molecule has 3 aromatic carbocycles. The van der Waals surface area contributed by atoms with Crippen molar-refractivity contribution in [3.63, 3.8) is 0 Å². The van der Waals surface area contributed by atoms with Crippen LogP contribution in [0.15, 0.2) is 89.1 Å². The van der Waals surface area contributed by atoms with Gasteiger partial charge in [-0.3, -0.25) is 4.99 Å². The highest BCUT2D eigenvalue weighted by atomic mass is 16.5. The van der Waals surface area contributed by atoms with Gasteiger partial charge in [0, 0.05) is 36.7 Å². The lowest BCUT2D eigenvalue weighted by atomic mass is 9.88. The number of nitrogens with one attached hydrogen (secondary N) is 1. The fraction of sp³-hybridized carbons (Fsp3) is 0.303. The van der Waals surface area contributed by atoms with Crippen LogP contribution in [0.4, 0.5) is 5.69 Å². The topological polar surface area (TPSA) is 59.6 Å². The predicted molar refractivity (Wildman–Crippen MR) is 157 cm³/mol. The van der Waals surface area contributed by atoms with E-state index in [9.17, 15) is 0 Å². The van der Waals surface area contributed by atoms with Crippen molar-refractivity contribution in [2.75, 3.05) is 12.4 Å². The maximum Gasteiger partial charge on any atom is 0.0936 e. The van der Waals surface area contributed by atoms with E-state index < -0.39 is 0 Å². The van der Waals surface area contributed by atoms with Gasteiger partial charge in [0.05, 0.1) is 18.0 Å². The zero-order chi connectivity index (χ0) is 26.0. The van der Waals surface area contributed by atoms with Crippen LogP contribution >= 0.6 is 0 Å². The Morgan fingerprint density at radius 1 is 0.946 bits per heavy atom. The molecule has 0 aliphatic heterocycles. The molecule has 192 valence electrons. The fourth-order valence-electron chi connectivity index (χ4n) is 4.61. The van der Waals surface area contributed by atoms with Crippen LogP contribution in [0.25, 0.3) is 11.4 Å². The SMILES string of the molecule is CC/C=N\C(=C(/N)c1ccc(NC(Cc2ccc(COC)cc2)=C2CCC2)cc1)c1ccccc1CC. The maximum absolute atomic E-state index is 6.73. The highest BCUT2D eigenvalue weighted by molar-refractivity contribution is 5.92. The summed E-state index contributed by atoms with van der Waals surface area (Å²) in [6.45, 7) is 4.90. The van der Waals surface area contributed by atoms with Gasteiger partial charge in [0.15, 0.2) is 0 Å². The van der Waals surface area contributed by atoms with Crippen LogP contribution < -0.4 is 11.1 Å². The Balaban J connectivity index is 1.57. The summed E-state index contributed by atoms with van der Waals surface area (Å²) in [6.07, 6.45) is 8.25. The molecule has 1 aliphatic carbocycles. The molecule has 4 heteroatoms.